The van der Waals surface area contributed by atoms with E-state index < -0.39 is 5.92 Å². The van der Waals surface area contributed by atoms with Crippen LogP contribution in [0, 0.1) is 12.8 Å². The van der Waals surface area contributed by atoms with E-state index in [9.17, 15) is 9.59 Å². The van der Waals surface area contributed by atoms with E-state index in [1.165, 1.54) is 11.3 Å². The van der Waals surface area contributed by atoms with Gasteiger partial charge in [0, 0.05) is 55.7 Å². The molecule has 0 spiro atoms. The molecule has 2 fully saturated rings. The number of halogens is 1. The Bertz CT molecular complexity index is 957. The van der Waals surface area contributed by atoms with Crippen LogP contribution in [0.2, 0.25) is 5.02 Å². The summed E-state index contributed by atoms with van der Waals surface area (Å²) in [5.74, 6) is -0.861. The molecule has 2 amide bonds. The lowest BCUT2D eigenvalue weighted by molar-refractivity contribution is -0.132. The first kappa shape index (κ1) is 23.6. The van der Waals surface area contributed by atoms with Crippen molar-refractivity contribution in [2.24, 2.45) is 5.92 Å². The van der Waals surface area contributed by atoms with Crippen LogP contribution in [0.1, 0.15) is 24.8 Å². The molecule has 0 saturated carbocycles. The van der Waals surface area contributed by atoms with Crippen LogP contribution in [0.25, 0.3) is 0 Å². The summed E-state index contributed by atoms with van der Waals surface area (Å²) < 4.78 is 0. The number of hydrogen-bond donors (Lipinski definition) is 1. The van der Waals surface area contributed by atoms with E-state index in [4.69, 9.17) is 11.6 Å². The van der Waals surface area contributed by atoms with Crippen molar-refractivity contribution < 1.29 is 9.59 Å². The number of unbranched alkanes of at least 4 members (excludes halogenated alkanes) is 1. The molecule has 2 aromatic carbocycles. The van der Waals surface area contributed by atoms with Gasteiger partial charge in [0.05, 0.1) is 0 Å². The molecule has 0 aliphatic carbocycles. The number of piperazine rings is 1. The fourth-order valence-electron chi connectivity index (χ4n) is 4.65. The third-order valence-corrected chi connectivity index (χ3v) is 6.85. The van der Waals surface area contributed by atoms with Crippen LogP contribution in [0.3, 0.4) is 0 Å². The van der Waals surface area contributed by atoms with E-state index >= 15 is 0 Å². The summed E-state index contributed by atoms with van der Waals surface area (Å²) in [6.45, 7) is 8.60. The topological polar surface area (TPSA) is 55.9 Å². The highest BCUT2D eigenvalue weighted by atomic mass is 35.5. The molecule has 2 heterocycles. The Kier molecular flexibility index (Phi) is 7.89. The van der Waals surface area contributed by atoms with Gasteiger partial charge in [0.25, 0.3) is 0 Å². The predicted octanol–water partition coefficient (Wildman–Crippen LogP) is 3.72. The lowest BCUT2D eigenvalue weighted by atomic mass is 10.1. The first-order valence-corrected chi connectivity index (χ1v) is 12.3. The van der Waals surface area contributed by atoms with Crippen molar-refractivity contribution in [1.82, 2.24) is 10.2 Å². The van der Waals surface area contributed by atoms with Gasteiger partial charge in [0.2, 0.25) is 11.8 Å². The number of rotatable bonds is 8. The Morgan fingerprint density at radius 3 is 2.48 bits per heavy atom. The van der Waals surface area contributed by atoms with Crippen molar-refractivity contribution in [3.05, 3.63) is 59.1 Å². The molecule has 2 aromatic rings. The number of nitrogens with one attached hydrogen (secondary N) is 1. The van der Waals surface area contributed by atoms with Crippen LogP contribution in [-0.2, 0) is 9.59 Å². The molecule has 2 saturated heterocycles. The Morgan fingerprint density at radius 2 is 1.76 bits per heavy atom. The minimum absolute atomic E-state index is 0.124. The Hall–Kier alpha value is -2.57. The monoisotopic (exact) mass is 468 g/mol. The third kappa shape index (κ3) is 6.06. The zero-order chi connectivity index (χ0) is 23.2. The first-order valence-electron chi connectivity index (χ1n) is 11.9. The Balaban J connectivity index is 1.12. The maximum absolute atomic E-state index is 12.7. The maximum atomic E-state index is 12.7. The molecule has 6 nitrogen and oxygen atoms in total. The average Bonchev–Trinajstić information content (AvgIpc) is 3.21. The zero-order valence-corrected chi connectivity index (χ0v) is 20.1. The molecular weight excluding hydrogens is 436 g/mol. The number of hydrogen-bond acceptors (Lipinski definition) is 4. The van der Waals surface area contributed by atoms with Crippen molar-refractivity contribution in [2.45, 2.75) is 26.2 Å². The number of amides is 2. The molecule has 2 aliphatic rings. The highest BCUT2D eigenvalue weighted by molar-refractivity contribution is 6.30. The van der Waals surface area contributed by atoms with Gasteiger partial charge >= 0.3 is 0 Å². The molecule has 1 N–H and O–H groups in total. The number of nitrogens with zero attached hydrogens (tertiary/aromatic N) is 3. The second kappa shape index (κ2) is 11.0. The molecular formula is C26H33ClN4O2. The van der Waals surface area contributed by atoms with Crippen molar-refractivity contribution in [1.29, 1.82) is 0 Å². The van der Waals surface area contributed by atoms with Crippen molar-refractivity contribution in [2.75, 3.05) is 55.6 Å². The van der Waals surface area contributed by atoms with Gasteiger partial charge in [-0.25, -0.2) is 0 Å². The quantitative estimate of drug-likeness (QED) is 0.474. The van der Waals surface area contributed by atoms with Crippen LogP contribution in [0.4, 0.5) is 11.4 Å². The molecule has 1 unspecified atom stereocenters. The van der Waals surface area contributed by atoms with E-state index in [2.05, 4.69) is 46.3 Å². The second-order valence-electron chi connectivity index (χ2n) is 8.97. The van der Waals surface area contributed by atoms with E-state index in [0.717, 1.165) is 51.3 Å². The molecule has 0 aromatic heterocycles. The van der Waals surface area contributed by atoms with Gasteiger partial charge in [-0.05, 0) is 74.7 Å². The number of carbonyl (C=O) groups is 2. The molecule has 176 valence electrons. The lowest BCUT2D eigenvalue weighted by Crippen LogP contribution is -2.46. The van der Waals surface area contributed by atoms with Gasteiger partial charge < -0.3 is 15.1 Å². The Morgan fingerprint density at radius 1 is 1.00 bits per heavy atom. The molecule has 0 bridgehead atoms. The van der Waals surface area contributed by atoms with Crippen molar-refractivity contribution in [3.63, 3.8) is 0 Å². The standard InChI is InChI=1S/C26H33ClN4O2/c1-20-5-4-6-23(19-20)30-17-15-29(16-18-30)13-3-2-12-28-25(32)24-11-14-31(26(24)33)22-9-7-21(27)8-10-22/h4-10,19,24H,2-3,11-18H2,1H3,(H,28,32). The molecule has 4 rings (SSSR count). The highest BCUT2D eigenvalue weighted by Gasteiger charge is 2.37. The number of benzene rings is 2. The van der Waals surface area contributed by atoms with Gasteiger partial charge in [0.1, 0.15) is 5.92 Å². The predicted molar refractivity (Wildman–Crippen MR) is 134 cm³/mol. The lowest BCUT2D eigenvalue weighted by Gasteiger charge is -2.36. The van der Waals surface area contributed by atoms with Crippen molar-refractivity contribution in [3.8, 4) is 0 Å². The number of carbonyl (C=O) groups excluding carboxylic acids is 2. The van der Waals surface area contributed by atoms with Crippen LogP contribution >= 0.6 is 11.6 Å². The van der Waals surface area contributed by atoms with Crippen LogP contribution in [0.15, 0.2) is 48.5 Å². The largest absolute Gasteiger partial charge is 0.369 e. The van der Waals surface area contributed by atoms with Gasteiger partial charge in [0.15, 0.2) is 0 Å². The van der Waals surface area contributed by atoms with Crippen molar-refractivity contribution >= 4 is 34.8 Å². The minimum Gasteiger partial charge on any atom is -0.369 e. The smallest absolute Gasteiger partial charge is 0.239 e. The number of aryl methyl sites for hydroxylation is 1. The fraction of sp³-hybridized carbons (Fsp3) is 0.462. The summed E-state index contributed by atoms with van der Waals surface area (Å²) in [5.41, 5.74) is 3.41. The molecule has 0 radical (unpaired) electrons. The first-order chi connectivity index (χ1) is 16.0. The maximum Gasteiger partial charge on any atom is 0.239 e. The highest BCUT2D eigenvalue weighted by Crippen LogP contribution is 2.26. The van der Waals surface area contributed by atoms with Crippen LogP contribution < -0.4 is 15.1 Å². The summed E-state index contributed by atoms with van der Waals surface area (Å²) >= 11 is 5.93. The third-order valence-electron chi connectivity index (χ3n) is 6.60. The normalized spacial score (nSPS) is 19.2. The van der Waals surface area contributed by atoms with Gasteiger partial charge in [-0.1, -0.05) is 23.7 Å². The molecule has 7 heteroatoms. The van der Waals surface area contributed by atoms with Gasteiger partial charge in [-0.3, -0.25) is 14.5 Å². The van der Waals surface area contributed by atoms with Crippen LogP contribution in [-0.4, -0.2) is 62.5 Å². The van der Waals surface area contributed by atoms with E-state index in [-0.39, 0.29) is 11.8 Å². The summed E-state index contributed by atoms with van der Waals surface area (Å²) in [4.78, 5) is 31.9. The Labute approximate surface area is 201 Å². The van der Waals surface area contributed by atoms with E-state index in [0.29, 0.717) is 24.5 Å². The fourth-order valence-corrected chi connectivity index (χ4v) is 4.78. The molecule has 33 heavy (non-hydrogen) atoms. The summed E-state index contributed by atoms with van der Waals surface area (Å²) in [7, 11) is 0. The zero-order valence-electron chi connectivity index (χ0n) is 19.3. The summed E-state index contributed by atoms with van der Waals surface area (Å²) in [5, 5.41) is 3.61. The molecule has 2 aliphatic heterocycles. The minimum atomic E-state index is -0.588. The molecule has 1 atom stereocenters. The summed E-state index contributed by atoms with van der Waals surface area (Å²) in [6, 6.07) is 15.9. The number of anilines is 2. The average molecular weight is 469 g/mol. The second-order valence-corrected chi connectivity index (χ2v) is 9.41. The van der Waals surface area contributed by atoms with Crippen LogP contribution in [0.5, 0.6) is 0 Å². The van der Waals surface area contributed by atoms with Gasteiger partial charge in [-0.2, -0.15) is 0 Å². The van der Waals surface area contributed by atoms with E-state index in [1.54, 1.807) is 17.0 Å². The van der Waals surface area contributed by atoms with Gasteiger partial charge in [-0.15, -0.1) is 0 Å². The van der Waals surface area contributed by atoms with E-state index in [1.807, 2.05) is 12.1 Å². The SMILES string of the molecule is Cc1cccc(N2CCN(CCCCNC(=O)C3CCN(c4ccc(Cl)cc4)C3=O)CC2)c1. The summed E-state index contributed by atoms with van der Waals surface area (Å²) in [6.07, 6.45) is 2.52.